The minimum Gasteiger partial charge on any atom is -0.458 e. The number of aromatic nitrogens is 1. The van der Waals surface area contributed by atoms with Gasteiger partial charge in [-0.15, -0.1) is 11.3 Å². The van der Waals surface area contributed by atoms with E-state index in [1.54, 1.807) is 20.8 Å². The Morgan fingerprint density at radius 3 is 2.58 bits per heavy atom. The highest BCUT2D eigenvalue weighted by Crippen LogP contribution is 2.58. The summed E-state index contributed by atoms with van der Waals surface area (Å²) >= 11 is 1.37. The van der Waals surface area contributed by atoms with Crippen LogP contribution < -0.4 is 0 Å². The summed E-state index contributed by atoms with van der Waals surface area (Å²) in [6.45, 7) is 10.8. The minimum atomic E-state index is -1.24. The van der Waals surface area contributed by atoms with E-state index in [1.165, 1.54) is 11.3 Å². The van der Waals surface area contributed by atoms with E-state index in [0.717, 1.165) is 18.4 Å². The number of cyclic esters (lactones) is 1. The number of fused-ring (bicyclic) bond motifs is 1. The van der Waals surface area contributed by atoms with Crippen LogP contribution in [0.25, 0.3) is 6.08 Å². The van der Waals surface area contributed by atoms with Gasteiger partial charge in [0.15, 0.2) is 0 Å². The lowest BCUT2D eigenvalue weighted by Gasteiger charge is -2.34. The van der Waals surface area contributed by atoms with Gasteiger partial charge < -0.3 is 20.1 Å². The molecule has 2 heterocycles. The molecule has 0 bridgehead atoms. The second kappa shape index (κ2) is 11.3. The van der Waals surface area contributed by atoms with E-state index in [2.05, 4.69) is 18.0 Å². The smallest absolute Gasteiger partial charge is 0.309 e. The van der Waals surface area contributed by atoms with Crippen molar-refractivity contribution in [1.82, 2.24) is 4.98 Å². The second-order valence-corrected chi connectivity index (χ2v) is 12.5. The van der Waals surface area contributed by atoms with E-state index >= 15 is 0 Å². The first-order valence-electron chi connectivity index (χ1n) is 12.8. The van der Waals surface area contributed by atoms with Gasteiger partial charge in [0.25, 0.3) is 0 Å². The number of ketones is 1. The summed E-state index contributed by atoms with van der Waals surface area (Å²) in [7, 11) is 0. The molecule has 8 heteroatoms. The monoisotopic (exact) mass is 519 g/mol. The highest BCUT2D eigenvalue weighted by molar-refractivity contribution is 7.09. The van der Waals surface area contributed by atoms with E-state index in [-0.39, 0.29) is 30.1 Å². The molecule has 1 aromatic rings. The molecule has 2 unspecified atom stereocenters. The van der Waals surface area contributed by atoms with Crippen molar-refractivity contribution >= 4 is 29.2 Å². The van der Waals surface area contributed by atoms with Gasteiger partial charge in [0, 0.05) is 17.2 Å². The summed E-state index contributed by atoms with van der Waals surface area (Å²) < 4.78 is 5.90. The Hall–Kier alpha value is -1.87. The van der Waals surface area contributed by atoms with Gasteiger partial charge in [0.1, 0.15) is 16.9 Å². The molecule has 3 N–H and O–H groups in total. The third-order valence-corrected chi connectivity index (χ3v) is 9.07. The fourth-order valence-corrected chi connectivity index (χ4v) is 5.75. The Morgan fingerprint density at radius 2 is 1.94 bits per heavy atom. The van der Waals surface area contributed by atoms with Crippen molar-refractivity contribution in [2.75, 3.05) is 0 Å². The number of ether oxygens (including phenoxy) is 1. The van der Waals surface area contributed by atoms with Gasteiger partial charge in [-0.3, -0.25) is 9.59 Å². The number of allylic oxidation sites excluding steroid dienone is 1. The van der Waals surface area contributed by atoms with Crippen molar-refractivity contribution < 1.29 is 29.6 Å². The SMILES string of the molecule is C/C(=C\c1csc(CO)n1)[C@@H]1CC2CC2(C)C/C=C/[C@H](C)[C@H](O)[C@@H](C)C(=O)C(C)(C)[C@@H](O)CC(=O)O1. The maximum absolute atomic E-state index is 13.2. The van der Waals surface area contributed by atoms with Gasteiger partial charge in [-0.2, -0.15) is 0 Å². The molecule has 0 saturated heterocycles. The lowest BCUT2D eigenvalue weighted by atomic mass is 9.73. The first-order chi connectivity index (χ1) is 16.8. The zero-order valence-corrected chi connectivity index (χ0v) is 23.0. The summed E-state index contributed by atoms with van der Waals surface area (Å²) in [4.78, 5) is 30.6. The third kappa shape index (κ3) is 6.52. The summed E-state index contributed by atoms with van der Waals surface area (Å²) in [5.41, 5.74) is 0.409. The van der Waals surface area contributed by atoms with Crippen molar-refractivity contribution in [3.8, 4) is 0 Å². The fourth-order valence-electron chi connectivity index (χ4n) is 5.14. The molecule has 1 saturated carbocycles. The molecule has 0 spiro atoms. The van der Waals surface area contributed by atoms with Gasteiger partial charge in [-0.1, -0.05) is 46.8 Å². The summed E-state index contributed by atoms with van der Waals surface area (Å²) in [5.74, 6) is -1.39. The van der Waals surface area contributed by atoms with Crippen LogP contribution in [0.4, 0.5) is 0 Å². The topological polar surface area (TPSA) is 117 Å². The fraction of sp³-hybridized carbons (Fsp3) is 0.679. The van der Waals surface area contributed by atoms with Crippen molar-refractivity contribution in [2.45, 2.75) is 92.1 Å². The van der Waals surface area contributed by atoms with Gasteiger partial charge in [0.05, 0.1) is 36.3 Å². The lowest BCUT2D eigenvalue weighted by molar-refractivity contribution is -0.154. The number of hydrogen-bond acceptors (Lipinski definition) is 8. The maximum Gasteiger partial charge on any atom is 0.309 e. The molecule has 200 valence electrons. The van der Waals surface area contributed by atoms with Crippen LogP contribution in [0, 0.1) is 28.6 Å². The van der Waals surface area contributed by atoms with E-state index in [4.69, 9.17) is 4.74 Å². The molecule has 36 heavy (non-hydrogen) atoms. The summed E-state index contributed by atoms with van der Waals surface area (Å²) in [6.07, 6.45) is 5.54. The standard InChI is InChI=1S/C28H41NO6S/c1-16-8-7-9-28(6)13-19(28)11-21(17(2)10-20-15-36-23(14-30)29-20)35-24(32)12-22(31)27(4,5)26(34)18(3)25(16)33/h7-8,10,15-16,18-19,21-22,25,30-31,33H,9,11-14H2,1-6H3/b8-7+,17-10+/t16-,18+,19?,21-,22-,25-,28?/m0/s1. The van der Waals surface area contributed by atoms with Crippen LogP contribution in [0.15, 0.2) is 23.1 Å². The number of aliphatic hydroxyl groups is 3. The Labute approximate surface area is 218 Å². The number of thiazole rings is 1. The normalized spacial score (nSPS) is 37.2. The number of Topliss-reactive ketones (excluding diaryl/α,β-unsaturated/α-hetero) is 1. The van der Waals surface area contributed by atoms with Crippen molar-refractivity contribution in [2.24, 2.45) is 28.6 Å². The third-order valence-electron chi connectivity index (χ3n) is 8.22. The quantitative estimate of drug-likeness (QED) is 0.402. The molecule has 2 aliphatic rings. The van der Waals surface area contributed by atoms with E-state index in [1.807, 2.05) is 31.4 Å². The predicted molar refractivity (Wildman–Crippen MR) is 140 cm³/mol. The van der Waals surface area contributed by atoms with Gasteiger partial charge in [-0.25, -0.2) is 4.98 Å². The number of hydrogen-bond donors (Lipinski definition) is 3. The van der Waals surface area contributed by atoms with Crippen LogP contribution in [-0.4, -0.2) is 50.4 Å². The average Bonchev–Trinajstić information content (AvgIpc) is 3.23. The average molecular weight is 520 g/mol. The van der Waals surface area contributed by atoms with Crippen LogP contribution in [0.5, 0.6) is 0 Å². The Balaban J connectivity index is 1.89. The van der Waals surface area contributed by atoms with Gasteiger partial charge >= 0.3 is 5.97 Å². The van der Waals surface area contributed by atoms with E-state index < -0.39 is 35.6 Å². The first-order valence-corrected chi connectivity index (χ1v) is 13.7. The molecule has 0 amide bonds. The minimum absolute atomic E-state index is 0.0802. The van der Waals surface area contributed by atoms with Crippen molar-refractivity contribution in [3.63, 3.8) is 0 Å². The van der Waals surface area contributed by atoms with Crippen LogP contribution in [0.3, 0.4) is 0 Å². The Kier molecular flexibility index (Phi) is 8.97. The van der Waals surface area contributed by atoms with Crippen molar-refractivity contribution in [1.29, 1.82) is 0 Å². The molecule has 7 nitrogen and oxygen atoms in total. The second-order valence-electron chi connectivity index (χ2n) is 11.6. The first kappa shape index (κ1) is 28.7. The lowest BCUT2D eigenvalue weighted by Crippen LogP contribution is -2.45. The van der Waals surface area contributed by atoms with Crippen LogP contribution in [0.1, 0.15) is 77.9 Å². The zero-order chi connectivity index (χ0) is 26.8. The molecule has 1 aliphatic carbocycles. The Bertz CT molecular complexity index is 1010. The number of carbonyl (C=O) groups is 2. The highest BCUT2D eigenvalue weighted by Gasteiger charge is 2.50. The Morgan fingerprint density at radius 1 is 1.25 bits per heavy atom. The number of aliphatic hydroxyl groups excluding tert-OH is 3. The van der Waals surface area contributed by atoms with Gasteiger partial charge in [0.2, 0.25) is 0 Å². The number of carbonyl (C=O) groups excluding carboxylic acids is 2. The summed E-state index contributed by atoms with van der Waals surface area (Å²) in [5, 5.41) is 33.5. The van der Waals surface area contributed by atoms with Crippen LogP contribution in [0.2, 0.25) is 0 Å². The molecular weight excluding hydrogens is 478 g/mol. The molecule has 1 aliphatic heterocycles. The largest absolute Gasteiger partial charge is 0.458 e. The van der Waals surface area contributed by atoms with E-state index in [9.17, 15) is 24.9 Å². The predicted octanol–water partition coefficient (Wildman–Crippen LogP) is 4.31. The number of esters is 1. The number of nitrogens with zero attached hydrogens (tertiary/aromatic N) is 1. The molecular formula is C28H41NO6S. The van der Waals surface area contributed by atoms with Crippen LogP contribution in [-0.2, 0) is 20.9 Å². The molecule has 7 atom stereocenters. The molecule has 1 fully saturated rings. The van der Waals surface area contributed by atoms with Crippen LogP contribution >= 0.6 is 11.3 Å². The van der Waals surface area contributed by atoms with Gasteiger partial charge in [-0.05, 0) is 49.2 Å². The molecule has 0 radical (unpaired) electrons. The molecule has 1 aromatic heterocycles. The highest BCUT2D eigenvalue weighted by atomic mass is 32.1. The molecule has 0 aromatic carbocycles. The summed E-state index contributed by atoms with van der Waals surface area (Å²) in [6, 6.07) is 0. The maximum atomic E-state index is 13.2. The molecule has 3 rings (SSSR count). The zero-order valence-electron chi connectivity index (χ0n) is 22.2. The number of rotatable bonds is 3. The van der Waals surface area contributed by atoms with E-state index in [0.29, 0.717) is 23.0 Å². The van der Waals surface area contributed by atoms with Crippen molar-refractivity contribution in [3.05, 3.63) is 33.8 Å².